The normalized spacial score (nSPS) is 10.4. The molecule has 0 unspecified atom stereocenters. The van der Waals surface area contributed by atoms with Gasteiger partial charge in [-0.2, -0.15) is 0 Å². The molecule has 2 aromatic carbocycles. The summed E-state index contributed by atoms with van der Waals surface area (Å²) in [6.45, 7) is 0.952. The zero-order chi connectivity index (χ0) is 14.0. The molecule has 0 saturated carbocycles. The Hall–Kier alpha value is -2.53. The van der Waals surface area contributed by atoms with Crippen LogP contribution in [0.5, 0.6) is 11.5 Å². The number of nitrogens with one attached hydrogen (secondary N) is 1. The van der Waals surface area contributed by atoms with Crippen molar-refractivity contribution in [3.05, 3.63) is 54.6 Å². The Morgan fingerprint density at radius 1 is 0.900 bits per heavy atom. The smallest absolute Gasteiger partial charge is 0.122 e. The summed E-state index contributed by atoms with van der Waals surface area (Å²) in [6.07, 6.45) is 1.20. The first-order valence-electron chi connectivity index (χ1n) is 6.21. The molecule has 0 aromatic heterocycles. The monoisotopic (exact) mass is 272 g/mol. The number of ether oxygens (including phenoxy) is 2. The fourth-order valence-electron chi connectivity index (χ4n) is 1.57. The van der Waals surface area contributed by atoms with E-state index in [-0.39, 0.29) is 0 Å². The van der Waals surface area contributed by atoms with Gasteiger partial charge in [0.2, 0.25) is 0 Å². The predicted octanol–water partition coefficient (Wildman–Crippen LogP) is 2.78. The van der Waals surface area contributed by atoms with E-state index in [1.165, 1.54) is 6.34 Å². The maximum atomic E-state index is 8.38. The second kappa shape index (κ2) is 7.81. The van der Waals surface area contributed by atoms with E-state index in [0.717, 1.165) is 17.2 Å². The first kappa shape index (κ1) is 13.9. The van der Waals surface area contributed by atoms with Gasteiger partial charge in [0, 0.05) is 0 Å². The van der Waals surface area contributed by atoms with Gasteiger partial charge in [-0.15, -0.1) is 0 Å². The maximum absolute atomic E-state index is 8.38. The van der Waals surface area contributed by atoms with Gasteiger partial charge >= 0.3 is 0 Å². The van der Waals surface area contributed by atoms with E-state index in [0.29, 0.717) is 13.2 Å². The van der Waals surface area contributed by atoms with Crippen LogP contribution in [0.25, 0.3) is 0 Å². The van der Waals surface area contributed by atoms with E-state index in [4.69, 9.17) is 14.7 Å². The third kappa shape index (κ3) is 4.62. The van der Waals surface area contributed by atoms with E-state index in [9.17, 15) is 0 Å². The summed E-state index contributed by atoms with van der Waals surface area (Å²) in [5.41, 5.74) is 2.57. The van der Waals surface area contributed by atoms with Crippen molar-refractivity contribution in [3.8, 4) is 11.5 Å². The number of aliphatic imine (C=N–C) groups is 1. The summed E-state index contributed by atoms with van der Waals surface area (Å²) in [4.78, 5) is 3.94. The molecular formula is C15H16N2O3. The molecule has 0 heterocycles. The van der Waals surface area contributed by atoms with Crippen LogP contribution < -0.4 is 15.0 Å². The lowest BCUT2D eigenvalue weighted by molar-refractivity contribution is 0.217. The van der Waals surface area contributed by atoms with Crippen molar-refractivity contribution in [2.75, 3.05) is 13.2 Å². The van der Waals surface area contributed by atoms with Crippen LogP contribution in [0.4, 0.5) is 5.69 Å². The quantitative estimate of drug-likeness (QED) is 0.352. The highest BCUT2D eigenvalue weighted by atomic mass is 16.5. The van der Waals surface area contributed by atoms with Crippen molar-refractivity contribution in [3.63, 3.8) is 0 Å². The molecule has 0 aliphatic carbocycles. The molecule has 0 bridgehead atoms. The van der Waals surface area contributed by atoms with E-state index in [1.54, 1.807) is 12.1 Å². The van der Waals surface area contributed by atoms with Gasteiger partial charge in [-0.3, -0.25) is 10.7 Å². The second-order valence-corrected chi connectivity index (χ2v) is 3.89. The molecule has 5 nitrogen and oxygen atoms in total. The lowest BCUT2D eigenvalue weighted by atomic mass is 10.3. The lowest BCUT2D eigenvalue weighted by Gasteiger charge is -2.08. The highest BCUT2D eigenvalue weighted by Crippen LogP contribution is 2.17. The minimum absolute atomic E-state index is 0.468. The van der Waals surface area contributed by atoms with Crippen molar-refractivity contribution < 1.29 is 14.7 Å². The first-order valence-corrected chi connectivity index (χ1v) is 6.21. The molecular weight excluding hydrogens is 256 g/mol. The van der Waals surface area contributed by atoms with Gasteiger partial charge < -0.3 is 9.47 Å². The van der Waals surface area contributed by atoms with Crippen molar-refractivity contribution in [1.82, 2.24) is 5.48 Å². The molecule has 2 rings (SSSR count). The van der Waals surface area contributed by atoms with Gasteiger partial charge in [0.25, 0.3) is 0 Å². The maximum Gasteiger partial charge on any atom is 0.122 e. The van der Waals surface area contributed by atoms with Gasteiger partial charge in [-0.1, -0.05) is 18.2 Å². The molecule has 2 aromatic rings. The molecule has 0 amide bonds. The van der Waals surface area contributed by atoms with Crippen LogP contribution in [0.1, 0.15) is 0 Å². The van der Waals surface area contributed by atoms with Crippen LogP contribution in [0, 0.1) is 0 Å². The van der Waals surface area contributed by atoms with Crippen molar-refractivity contribution in [2.45, 2.75) is 0 Å². The molecule has 0 aliphatic rings. The fourth-order valence-corrected chi connectivity index (χ4v) is 1.57. The standard InChI is InChI=1S/C15H16N2O3/c18-17-12-16-13-6-8-15(9-7-13)20-11-10-19-14-4-2-1-3-5-14/h1-9,12,18H,10-11H2,(H,16,17). The van der Waals surface area contributed by atoms with E-state index in [1.807, 2.05) is 47.9 Å². The minimum atomic E-state index is 0.468. The molecule has 0 fully saturated rings. The second-order valence-electron chi connectivity index (χ2n) is 3.89. The average Bonchev–Trinajstić information content (AvgIpc) is 2.52. The minimum Gasteiger partial charge on any atom is -0.490 e. The summed E-state index contributed by atoms with van der Waals surface area (Å²) in [5.74, 6) is 1.58. The van der Waals surface area contributed by atoms with Crippen molar-refractivity contribution in [1.29, 1.82) is 0 Å². The number of rotatable bonds is 7. The van der Waals surface area contributed by atoms with Crippen molar-refractivity contribution in [2.24, 2.45) is 4.99 Å². The van der Waals surface area contributed by atoms with Crippen LogP contribution in [0.2, 0.25) is 0 Å². The summed E-state index contributed by atoms with van der Waals surface area (Å²) in [6, 6.07) is 16.8. The van der Waals surface area contributed by atoms with Gasteiger partial charge in [0.15, 0.2) is 0 Å². The summed E-state index contributed by atoms with van der Waals surface area (Å²) < 4.78 is 11.1. The molecule has 0 saturated heterocycles. The number of benzene rings is 2. The largest absolute Gasteiger partial charge is 0.490 e. The van der Waals surface area contributed by atoms with E-state index >= 15 is 0 Å². The van der Waals surface area contributed by atoms with Crippen LogP contribution in [-0.2, 0) is 0 Å². The highest BCUT2D eigenvalue weighted by molar-refractivity contribution is 5.59. The summed E-state index contributed by atoms with van der Waals surface area (Å²) >= 11 is 0. The summed E-state index contributed by atoms with van der Waals surface area (Å²) in [5, 5.41) is 8.38. The van der Waals surface area contributed by atoms with Crippen LogP contribution in [0.3, 0.4) is 0 Å². The predicted molar refractivity (Wildman–Crippen MR) is 76.9 cm³/mol. The van der Waals surface area contributed by atoms with Crippen LogP contribution in [-0.4, -0.2) is 24.8 Å². The Bertz CT molecular complexity index is 527. The van der Waals surface area contributed by atoms with Gasteiger partial charge in [0.1, 0.15) is 31.1 Å². The topological polar surface area (TPSA) is 63.1 Å². The molecule has 20 heavy (non-hydrogen) atoms. The van der Waals surface area contributed by atoms with Gasteiger partial charge in [-0.25, -0.2) is 4.99 Å². The zero-order valence-corrected chi connectivity index (χ0v) is 10.9. The number of hydroxylamine groups is 1. The number of para-hydroxylation sites is 1. The summed E-state index contributed by atoms with van der Waals surface area (Å²) in [7, 11) is 0. The Kier molecular flexibility index (Phi) is 5.42. The molecule has 0 spiro atoms. The van der Waals surface area contributed by atoms with Crippen LogP contribution in [0.15, 0.2) is 59.6 Å². The first-order chi connectivity index (χ1) is 9.88. The Balaban J connectivity index is 1.73. The third-order valence-corrected chi connectivity index (χ3v) is 2.47. The Morgan fingerprint density at radius 2 is 1.50 bits per heavy atom. The molecule has 0 radical (unpaired) electrons. The lowest BCUT2D eigenvalue weighted by Crippen LogP contribution is -2.08. The molecule has 5 heteroatoms. The Labute approximate surface area is 117 Å². The third-order valence-electron chi connectivity index (χ3n) is 2.47. The number of nitrogens with zero attached hydrogens (tertiary/aromatic N) is 1. The van der Waals surface area contributed by atoms with Gasteiger partial charge in [-0.05, 0) is 36.4 Å². The highest BCUT2D eigenvalue weighted by Gasteiger charge is 1.95. The molecule has 0 atom stereocenters. The molecule has 0 aliphatic heterocycles. The number of hydrogen-bond donors (Lipinski definition) is 2. The molecule has 2 N–H and O–H groups in total. The number of hydrogen-bond acceptors (Lipinski definition) is 4. The Morgan fingerprint density at radius 3 is 2.10 bits per heavy atom. The van der Waals surface area contributed by atoms with E-state index in [2.05, 4.69) is 4.99 Å². The fraction of sp³-hybridized carbons (Fsp3) is 0.133. The zero-order valence-electron chi connectivity index (χ0n) is 10.9. The van der Waals surface area contributed by atoms with Crippen molar-refractivity contribution >= 4 is 12.0 Å². The SMILES string of the molecule is ONC=Nc1ccc(OCCOc2ccccc2)cc1. The van der Waals surface area contributed by atoms with Crippen LogP contribution >= 0.6 is 0 Å². The molecule has 104 valence electrons. The average molecular weight is 272 g/mol. The van der Waals surface area contributed by atoms with Gasteiger partial charge in [0.05, 0.1) is 5.69 Å². The van der Waals surface area contributed by atoms with E-state index < -0.39 is 0 Å².